The van der Waals surface area contributed by atoms with E-state index in [1.807, 2.05) is 52.0 Å². The lowest BCUT2D eigenvalue weighted by atomic mass is 9.78. The molecule has 0 radical (unpaired) electrons. The maximum absolute atomic E-state index is 6.17. The van der Waals surface area contributed by atoms with Crippen LogP contribution in [-0.4, -0.2) is 18.3 Å². The van der Waals surface area contributed by atoms with Gasteiger partial charge >= 0.3 is 7.12 Å². The quantitative estimate of drug-likeness (QED) is 0.657. The number of benzene rings is 1. The Morgan fingerprint density at radius 3 is 2.24 bits per heavy atom. The third kappa shape index (κ3) is 3.17. The average molecular weight is 379 g/mol. The highest BCUT2D eigenvalue weighted by atomic mass is 35.5. The van der Waals surface area contributed by atoms with Crippen LogP contribution in [0.1, 0.15) is 45.9 Å². The van der Waals surface area contributed by atoms with Crippen LogP contribution < -0.4 is 5.46 Å². The van der Waals surface area contributed by atoms with Gasteiger partial charge in [0, 0.05) is 21.4 Å². The summed E-state index contributed by atoms with van der Waals surface area (Å²) in [7, 11) is -0.523. The summed E-state index contributed by atoms with van der Waals surface area (Å²) in [6, 6.07) is 5.85. The summed E-state index contributed by atoms with van der Waals surface area (Å²) in [5.41, 5.74) is 1.44. The molecule has 0 saturated carbocycles. The Labute approximate surface area is 158 Å². The lowest BCUT2D eigenvalue weighted by Gasteiger charge is -2.32. The molecule has 0 unspecified atom stereocenters. The minimum Gasteiger partial charge on any atom is -0.455 e. The van der Waals surface area contributed by atoms with Gasteiger partial charge in [0.15, 0.2) is 5.76 Å². The van der Waals surface area contributed by atoms with Crippen molar-refractivity contribution < 1.29 is 13.7 Å². The molecule has 0 bridgehead atoms. The third-order valence-electron chi connectivity index (χ3n) is 4.88. The maximum Gasteiger partial charge on any atom is 0.498 e. The molecule has 0 amide bonds. The van der Waals surface area contributed by atoms with Crippen LogP contribution in [0.25, 0.3) is 22.1 Å². The normalized spacial score (nSPS) is 19.6. The first-order valence-corrected chi connectivity index (χ1v) is 8.89. The van der Waals surface area contributed by atoms with E-state index >= 15 is 0 Å². The Kier molecular flexibility index (Phi) is 4.61. The first-order valence-electron chi connectivity index (χ1n) is 8.13. The second kappa shape index (κ2) is 6.20. The first kappa shape index (κ1) is 18.6. The molecule has 2 heterocycles. The van der Waals surface area contributed by atoms with Crippen LogP contribution in [-0.2, 0) is 9.31 Å². The second-order valence-electron chi connectivity index (χ2n) is 7.29. The van der Waals surface area contributed by atoms with Crippen molar-refractivity contribution in [3.05, 3.63) is 41.1 Å². The van der Waals surface area contributed by atoms with Crippen LogP contribution in [0.5, 0.6) is 0 Å². The van der Waals surface area contributed by atoms with Crippen LogP contribution in [0.4, 0.5) is 0 Å². The first-order chi connectivity index (χ1) is 11.5. The highest BCUT2D eigenvalue weighted by molar-refractivity contribution is 6.65. The van der Waals surface area contributed by atoms with Gasteiger partial charge in [0.05, 0.1) is 16.2 Å². The summed E-state index contributed by atoms with van der Waals surface area (Å²) in [6.07, 6.45) is 1.82. The molecule has 1 aliphatic heterocycles. The van der Waals surface area contributed by atoms with Gasteiger partial charge in [0.2, 0.25) is 0 Å². The molecule has 0 N–H and O–H groups in total. The van der Waals surface area contributed by atoms with Crippen molar-refractivity contribution in [3.8, 4) is 0 Å². The predicted octanol–water partition coefficient (Wildman–Crippen LogP) is 5.54. The number of para-hydroxylation sites is 1. The summed E-state index contributed by atoms with van der Waals surface area (Å²) < 4.78 is 18.4. The van der Waals surface area contributed by atoms with E-state index in [9.17, 15) is 0 Å². The molecule has 2 aromatic rings. The Morgan fingerprint density at radius 1 is 1.12 bits per heavy atom. The standard InChI is InChI=1S/C19H21BCl2O3/c1-11(21)10-14-13-8-7-9-15(17(13)23-16(14)12(2)22)20-24-18(3,4)19(5,6)25-20/h7-10H,2H2,1,3-6H3/b11-10+. The summed E-state index contributed by atoms with van der Waals surface area (Å²) >= 11 is 12.2. The van der Waals surface area contributed by atoms with Gasteiger partial charge in [-0.25, -0.2) is 0 Å². The highest BCUT2D eigenvalue weighted by Gasteiger charge is 2.52. The third-order valence-corrected chi connectivity index (χ3v) is 5.16. The Morgan fingerprint density at radius 2 is 1.72 bits per heavy atom. The molecule has 6 heteroatoms. The fourth-order valence-electron chi connectivity index (χ4n) is 2.86. The SMILES string of the molecule is C=C(Cl)c1oc2c(B3OC(C)(C)C(C)(C)O3)cccc2c1/C=C(\C)Cl. The molecule has 1 aromatic heterocycles. The van der Waals surface area contributed by atoms with Crippen LogP contribution >= 0.6 is 23.2 Å². The molecule has 0 spiro atoms. The van der Waals surface area contributed by atoms with E-state index in [1.165, 1.54) is 0 Å². The summed E-state index contributed by atoms with van der Waals surface area (Å²) in [4.78, 5) is 0. The van der Waals surface area contributed by atoms with E-state index in [2.05, 4.69) is 6.58 Å². The molecule has 1 fully saturated rings. The lowest BCUT2D eigenvalue weighted by Crippen LogP contribution is -2.41. The van der Waals surface area contributed by atoms with Crippen LogP contribution in [0.15, 0.2) is 34.2 Å². The van der Waals surface area contributed by atoms with Crippen LogP contribution in [0.2, 0.25) is 0 Å². The van der Waals surface area contributed by atoms with Crippen molar-refractivity contribution in [2.24, 2.45) is 0 Å². The van der Waals surface area contributed by atoms with Crippen molar-refractivity contribution in [2.75, 3.05) is 0 Å². The number of rotatable bonds is 3. The zero-order valence-corrected chi connectivity index (χ0v) is 16.6. The summed E-state index contributed by atoms with van der Waals surface area (Å²) in [6.45, 7) is 13.7. The fourth-order valence-corrected chi connectivity index (χ4v) is 3.11. The molecule has 1 saturated heterocycles. The van der Waals surface area contributed by atoms with Gasteiger partial charge in [-0.1, -0.05) is 48.0 Å². The van der Waals surface area contributed by atoms with Gasteiger partial charge in [-0.2, -0.15) is 0 Å². The van der Waals surface area contributed by atoms with Gasteiger partial charge < -0.3 is 13.7 Å². The van der Waals surface area contributed by atoms with Crippen LogP contribution in [0.3, 0.4) is 0 Å². The Balaban J connectivity index is 2.19. The van der Waals surface area contributed by atoms with Gasteiger partial charge in [-0.15, -0.1) is 0 Å². The molecule has 25 heavy (non-hydrogen) atoms. The number of halogens is 2. The largest absolute Gasteiger partial charge is 0.498 e. The molecular formula is C19H21BCl2O3. The minimum absolute atomic E-state index is 0.320. The van der Waals surface area contributed by atoms with E-state index < -0.39 is 18.3 Å². The van der Waals surface area contributed by atoms with Gasteiger partial charge in [-0.3, -0.25) is 0 Å². The summed E-state index contributed by atoms with van der Waals surface area (Å²) in [5.74, 6) is 0.501. The van der Waals surface area contributed by atoms with E-state index in [0.29, 0.717) is 21.4 Å². The Bertz CT molecular complexity index is 860. The van der Waals surface area contributed by atoms with E-state index in [4.69, 9.17) is 36.9 Å². The zero-order valence-electron chi connectivity index (χ0n) is 15.1. The molecule has 0 aliphatic carbocycles. The highest BCUT2D eigenvalue weighted by Crippen LogP contribution is 2.38. The number of furan rings is 1. The van der Waals surface area contributed by atoms with Gasteiger partial charge in [-0.05, 0) is 40.7 Å². The van der Waals surface area contributed by atoms with E-state index in [1.54, 1.807) is 6.92 Å². The molecule has 132 valence electrons. The van der Waals surface area contributed by atoms with Gasteiger partial charge in [0.25, 0.3) is 0 Å². The molecule has 1 aliphatic rings. The number of hydrogen-bond donors (Lipinski definition) is 0. The molecule has 3 nitrogen and oxygen atoms in total. The monoisotopic (exact) mass is 378 g/mol. The number of hydrogen-bond acceptors (Lipinski definition) is 3. The van der Waals surface area contributed by atoms with Crippen molar-refractivity contribution in [1.82, 2.24) is 0 Å². The Hall–Kier alpha value is -1.20. The van der Waals surface area contributed by atoms with Crippen molar-refractivity contribution >= 4 is 57.9 Å². The smallest absolute Gasteiger partial charge is 0.455 e. The van der Waals surface area contributed by atoms with Crippen molar-refractivity contribution in [1.29, 1.82) is 0 Å². The molecule has 1 aromatic carbocycles. The molecular weight excluding hydrogens is 358 g/mol. The van der Waals surface area contributed by atoms with Crippen LogP contribution in [0, 0.1) is 0 Å². The van der Waals surface area contributed by atoms with E-state index in [0.717, 1.165) is 16.4 Å². The minimum atomic E-state index is -0.523. The second-order valence-corrected chi connectivity index (χ2v) is 8.35. The summed E-state index contributed by atoms with van der Waals surface area (Å²) in [5, 5.41) is 1.84. The number of fused-ring (bicyclic) bond motifs is 1. The number of allylic oxidation sites excluding steroid dienone is 1. The average Bonchev–Trinajstić information content (AvgIpc) is 2.93. The predicted molar refractivity (Wildman–Crippen MR) is 106 cm³/mol. The van der Waals surface area contributed by atoms with Crippen molar-refractivity contribution in [2.45, 2.75) is 45.8 Å². The fraction of sp³-hybridized carbons (Fsp3) is 0.368. The molecule has 3 rings (SSSR count). The molecule has 0 atom stereocenters. The lowest BCUT2D eigenvalue weighted by molar-refractivity contribution is 0.00578. The van der Waals surface area contributed by atoms with E-state index in [-0.39, 0.29) is 0 Å². The zero-order chi connectivity index (χ0) is 18.6. The van der Waals surface area contributed by atoms with Gasteiger partial charge in [0.1, 0.15) is 5.58 Å². The topological polar surface area (TPSA) is 31.6 Å². The maximum atomic E-state index is 6.17. The van der Waals surface area contributed by atoms with Crippen molar-refractivity contribution in [3.63, 3.8) is 0 Å².